The molecule has 4 heteroatoms. The number of nitrogens with zero attached hydrogens (tertiary/aromatic N) is 1. The molecule has 1 fully saturated rings. The average Bonchev–Trinajstić information content (AvgIpc) is 2.97. The van der Waals surface area contributed by atoms with Gasteiger partial charge in [-0.2, -0.15) is 0 Å². The van der Waals surface area contributed by atoms with Crippen molar-refractivity contribution in [3.05, 3.63) is 53.8 Å². The van der Waals surface area contributed by atoms with E-state index in [9.17, 15) is 9.59 Å². The van der Waals surface area contributed by atoms with Crippen LogP contribution in [0.5, 0.6) is 0 Å². The number of unbranched alkanes of at least 4 members (excludes halogenated alkanes) is 1. The summed E-state index contributed by atoms with van der Waals surface area (Å²) in [7, 11) is 0. The Morgan fingerprint density at radius 1 is 1.43 bits per heavy atom. The van der Waals surface area contributed by atoms with Crippen LogP contribution in [0, 0.1) is 5.92 Å². The van der Waals surface area contributed by atoms with Crippen molar-refractivity contribution in [3.8, 4) is 0 Å². The minimum absolute atomic E-state index is 0.204. The Kier molecular flexibility index (Phi) is 6.19. The average molecular weight is 313 g/mol. The van der Waals surface area contributed by atoms with E-state index < -0.39 is 6.09 Å². The van der Waals surface area contributed by atoms with Crippen molar-refractivity contribution >= 4 is 12.0 Å². The number of imide groups is 1. The highest BCUT2D eigenvalue weighted by molar-refractivity contribution is 5.95. The third kappa shape index (κ3) is 4.11. The summed E-state index contributed by atoms with van der Waals surface area (Å²) in [5.41, 5.74) is 3.89. The zero-order valence-electron chi connectivity index (χ0n) is 13.7. The lowest BCUT2D eigenvalue weighted by Crippen LogP contribution is -2.38. The van der Waals surface area contributed by atoms with Crippen LogP contribution in [0.4, 0.5) is 4.79 Å². The summed E-state index contributed by atoms with van der Waals surface area (Å²) in [6, 6.07) is 9.18. The van der Waals surface area contributed by atoms with Gasteiger partial charge in [-0.15, -0.1) is 5.73 Å². The third-order valence-corrected chi connectivity index (χ3v) is 3.94. The molecule has 23 heavy (non-hydrogen) atoms. The summed E-state index contributed by atoms with van der Waals surface area (Å²) in [6.07, 6.45) is 5.60. The van der Waals surface area contributed by atoms with Gasteiger partial charge in [-0.1, -0.05) is 50.1 Å². The summed E-state index contributed by atoms with van der Waals surface area (Å²) in [4.78, 5) is 26.3. The Hall–Kier alpha value is -2.32. The minimum atomic E-state index is -0.556. The number of hydrogen-bond donors (Lipinski definition) is 0. The van der Waals surface area contributed by atoms with Crippen LogP contribution >= 0.6 is 0 Å². The molecule has 2 amide bonds. The number of benzene rings is 1. The first-order valence-electron chi connectivity index (χ1n) is 8.11. The number of amides is 2. The smallest absolute Gasteiger partial charge is 0.417 e. The molecule has 0 aliphatic carbocycles. The van der Waals surface area contributed by atoms with Crippen molar-refractivity contribution in [2.24, 2.45) is 5.92 Å². The molecular weight excluding hydrogens is 290 g/mol. The van der Waals surface area contributed by atoms with Crippen LogP contribution < -0.4 is 0 Å². The molecule has 1 aliphatic heterocycles. The molecule has 0 radical (unpaired) electrons. The van der Waals surface area contributed by atoms with E-state index in [1.54, 1.807) is 12.2 Å². The summed E-state index contributed by atoms with van der Waals surface area (Å²) >= 11 is 0. The highest BCUT2D eigenvalue weighted by Crippen LogP contribution is 2.30. The Morgan fingerprint density at radius 3 is 2.83 bits per heavy atom. The molecule has 1 aromatic carbocycles. The number of carbonyl (C=O) groups excluding carboxylic acids is 2. The fourth-order valence-electron chi connectivity index (χ4n) is 2.68. The van der Waals surface area contributed by atoms with Gasteiger partial charge in [-0.05, 0) is 31.1 Å². The number of rotatable bonds is 6. The second-order valence-corrected chi connectivity index (χ2v) is 5.58. The normalized spacial score (nSPS) is 18.1. The Bertz CT molecular complexity index is 602. The van der Waals surface area contributed by atoms with Crippen LogP contribution in [-0.2, 0) is 9.53 Å². The maximum Gasteiger partial charge on any atom is 0.417 e. The van der Waals surface area contributed by atoms with Gasteiger partial charge in [0.05, 0.1) is 5.92 Å². The molecular formula is C19H23NO3. The number of carbonyl (C=O) groups is 2. The predicted molar refractivity (Wildman–Crippen MR) is 88.7 cm³/mol. The first kappa shape index (κ1) is 17.0. The molecule has 4 nitrogen and oxygen atoms in total. The molecule has 0 bridgehead atoms. The van der Waals surface area contributed by atoms with Crippen LogP contribution in [0.25, 0.3) is 0 Å². The second-order valence-electron chi connectivity index (χ2n) is 5.58. The Morgan fingerprint density at radius 2 is 2.17 bits per heavy atom. The van der Waals surface area contributed by atoms with Crippen molar-refractivity contribution < 1.29 is 14.3 Å². The molecule has 0 spiro atoms. The zero-order chi connectivity index (χ0) is 16.7. The van der Waals surface area contributed by atoms with Gasteiger partial charge in [-0.25, -0.2) is 9.69 Å². The second kappa shape index (κ2) is 8.35. The first-order chi connectivity index (χ1) is 11.2. The van der Waals surface area contributed by atoms with Crippen molar-refractivity contribution in [3.63, 3.8) is 0 Å². The first-order valence-corrected chi connectivity index (χ1v) is 8.11. The van der Waals surface area contributed by atoms with Gasteiger partial charge in [0.15, 0.2) is 0 Å². The fraction of sp³-hybridized carbons (Fsp3) is 0.421. The van der Waals surface area contributed by atoms with Gasteiger partial charge < -0.3 is 4.74 Å². The van der Waals surface area contributed by atoms with Crippen LogP contribution in [0.15, 0.2) is 48.2 Å². The maximum absolute atomic E-state index is 12.9. The summed E-state index contributed by atoms with van der Waals surface area (Å²) in [6.45, 7) is 4.15. The van der Waals surface area contributed by atoms with Gasteiger partial charge in [0.2, 0.25) is 5.91 Å². The highest BCUT2D eigenvalue weighted by atomic mass is 16.6. The largest absolute Gasteiger partial charge is 0.446 e. The van der Waals surface area contributed by atoms with E-state index in [2.05, 4.69) is 12.7 Å². The minimum Gasteiger partial charge on any atom is -0.446 e. The molecule has 2 rings (SSSR count). The fourth-order valence-corrected chi connectivity index (χ4v) is 2.68. The van der Waals surface area contributed by atoms with E-state index in [0.29, 0.717) is 6.42 Å². The van der Waals surface area contributed by atoms with Gasteiger partial charge in [-0.3, -0.25) is 4.79 Å². The number of ether oxygens (including phenoxy) is 1. The van der Waals surface area contributed by atoms with Crippen LogP contribution in [-0.4, -0.2) is 23.5 Å². The lowest BCUT2D eigenvalue weighted by Gasteiger charge is -2.23. The third-order valence-electron chi connectivity index (χ3n) is 3.94. The standard InChI is InChI=1S/C19H23NO3/c1-3-5-10-16(11-6-4-2)18(21)20-17(14-23-19(20)22)15-12-8-7-9-13-15/h3,7-10,12-13,16-17H,4,6,11,14H2,1-2H3/t5?,16-,17+/m0/s1. The SMILES string of the molecule is CC=C=C[C@@H](CCCC)C(=O)N1C(=O)OC[C@@H]1c1ccccc1. The van der Waals surface area contributed by atoms with E-state index in [0.717, 1.165) is 18.4 Å². The zero-order valence-corrected chi connectivity index (χ0v) is 13.7. The van der Waals surface area contributed by atoms with Gasteiger partial charge in [0.25, 0.3) is 0 Å². The van der Waals surface area contributed by atoms with Crippen molar-refractivity contribution in [2.45, 2.75) is 39.2 Å². The molecule has 2 atom stereocenters. The van der Waals surface area contributed by atoms with Crippen molar-refractivity contribution in [1.29, 1.82) is 0 Å². The van der Waals surface area contributed by atoms with Gasteiger partial charge >= 0.3 is 6.09 Å². The molecule has 0 saturated carbocycles. The Balaban J connectivity index is 2.25. The molecule has 1 heterocycles. The molecule has 0 N–H and O–H groups in total. The molecule has 0 unspecified atom stereocenters. The van der Waals surface area contributed by atoms with E-state index in [4.69, 9.17) is 4.74 Å². The van der Waals surface area contributed by atoms with E-state index >= 15 is 0 Å². The van der Waals surface area contributed by atoms with Crippen LogP contribution in [0.2, 0.25) is 0 Å². The number of cyclic esters (lactones) is 1. The summed E-state index contributed by atoms with van der Waals surface area (Å²) in [5.74, 6) is -0.549. The van der Waals surface area contributed by atoms with Gasteiger partial charge in [0, 0.05) is 0 Å². The van der Waals surface area contributed by atoms with E-state index in [1.165, 1.54) is 4.90 Å². The predicted octanol–water partition coefficient (Wildman–Crippen LogP) is 4.24. The van der Waals surface area contributed by atoms with Crippen LogP contribution in [0.3, 0.4) is 0 Å². The maximum atomic E-state index is 12.9. The van der Waals surface area contributed by atoms with Crippen molar-refractivity contribution in [1.82, 2.24) is 4.90 Å². The molecule has 1 aliphatic rings. The Labute approximate surface area is 137 Å². The summed E-state index contributed by atoms with van der Waals surface area (Å²) in [5, 5.41) is 0. The quantitative estimate of drug-likeness (QED) is 0.738. The lowest BCUT2D eigenvalue weighted by atomic mass is 9.98. The van der Waals surface area contributed by atoms with Crippen LogP contribution in [0.1, 0.15) is 44.7 Å². The van der Waals surface area contributed by atoms with E-state index in [1.807, 2.05) is 37.3 Å². The molecule has 122 valence electrons. The van der Waals surface area contributed by atoms with Crippen molar-refractivity contribution in [2.75, 3.05) is 6.61 Å². The van der Waals surface area contributed by atoms with Gasteiger partial charge in [0.1, 0.15) is 12.6 Å². The number of hydrogen-bond acceptors (Lipinski definition) is 3. The molecule has 0 aromatic heterocycles. The topological polar surface area (TPSA) is 46.6 Å². The molecule has 1 aromatic rings. The van der Waals surface area contributed by atoms with E-state index in [-0.39, 0.29) is 24.5 Å². The highest BCUT2D eigenvalue weighted by Gasteiger charge is 2.40. The lowest BCUT2D eigenvalue weighted by molar-refractivity contribution is -0.132. The summed E-state index contributed by atoms with van der Waals surface area (Å²) < 4.78 is 5.14. The molecule has 1 saturated heterocycles. The monoisotopic (exact) mass is 313 g/mol.